The van der Waals surface area contributed by atoms with Gasteiger partial charge in [-0.1, -0.05) is 0 Å². The molecular weight excluding hydrogens is 303 g/mol. The molecule has 1 fully saturated rings. The third kappa shape index (κ3) is 4.81. The zero-order chi connectivity index (χ0) is 13.0. The fraction of sp³-hybridized carbons (Fsp3) is 0.538. The highest BCUT2D eigenvalue weighted by Crippen LogP contribution is 2.18. The molecule has 1 N–H and O–H groups in total. The highest BCUT2D eigenvalue weighted by Gasteiger charge is 2.22. The van der Waals surface area contributed by atoms with Crippen LogP contribution in [0.2, 0.25) is 0 Å². The summed E-state index contributed by atoms with van der Waals surface area (Å²) in [5.74, 6) is 0.193. The van der Waals surface area contributed by atoms with E-state index in [1.54, 1.807) is 12.3 Å². The summed E-state index contributed by atoms with van der Waals surface area (Å²) >= 11 is 0. The van der Waals surface area contributed by atoms with Crippen molar-refractivity contribution in [3.05, 3.63) is 24.0 Å². The molecule has 1 aliphatic heterocycles. The predicted octanol–water partition coefficient (Wildman–Crippen LogP) is 2.23. The molecule has 0 aromatic carbocycles. The Kier molecular flexibility index (Phi) is 8.53. The van der Waals surface area contributed by atoms with E-state index in [0.29, 0.717) is 17.4 Å². The number of carbonyl (C=O) groups excluding carboxylic acids is 1. The minimum atomic E-state index is -0.403. The number of hydrogen-bond donors (Lipinski definition) is 1. The molecular formula is C13H20Cl2N2O3. The molecule has 1 aromatic rings. The van der Waals surface area contributed by atoms with Crippen molar-refractivity contribution in [3.63, 3.8) is 0 Å². The number of ether oxygens (including phenoxy) is 2. The largest absolute Gasteiger partial charge is 0.487 e. The van der Waals surface area contributed by atoms with Crippen LogP contribution in [0.5, 0.6) is 5.75 Å². The smallest absolute Gasteiger partial charge is 0.339 e. The van der Waals surface area contributed by atoms with Gasteiger partial charge in [0.2, 0.25) is 0 Å². The SMILES string of the molecule is COC(=O)c1cncc(OC(C)C2CCCN2)c1.Cl.Cl. The highest BCUT2D eigenvalue weighted by atomic mass is 35.5. The Labute approximate surface area is 131 Å². The van der Waals surface area contributed by atoms with E-state index in [9.17, 15) is 4.79 Å². The highest BCUT2D eigenvalue weighted by molar-refractivity contribution is 5.89. The van der Waals surface area contributed by atoms with Crippen LogP contribution in [0.4, 0.5) is 0 Å². The molecule has 0 aliphatic carbocycles. The number of methoxy groups -OCH3 is 1. The van der Waals surface area contributed by atoms with Gasteiger partial charge in [-0.15, -0.1) is 24.8 Å². The molecule has 1 aliphatic rings. The number of aromatic nitrogens is 1. The quantitative estimate of drug-likeness (QED) is 0.861. The lowest BCUT2D eigenvalue weighted by Crippen LogP contribution is -2.36. The minimum Gasteiger partial charge on any atom is -0.487 e. The van der Waals surface area contributed by atoms with Crippen LogP contribution in [0.15, 0.2) is 18.5 Å². The van der Waals surface area contributed by atoms with Gasteiger partial charge < -0.3 is 14.8 Å². The van der Waals surface area contributed by atoms with Crippen molar-refractivity contribution in [2.45, 2.75) is 31.9 Å². The zero-order valence-electron chi connectivity index (χ0n) is 11.5. The second-order valence-electron chi connectivity index (χ2n) is 4.43. The van der Waals surface area contributed by atoms with E-state index in [1.165, 1.54) is 19.7 Å². The van der Waals surface area contributed by atoms with E-state index in [4.69, 9.17) is 4.74 Å². The molecule has 1 saturated heterocycles. The lowest BCUT2D eigenvalue weighted by molar-refractivity contribution is 0.0599. The third-order valence-electron chi connectivity index (χ3n) is 3.12. The molecule has 2 unspecified atom stereocenters. The topological polar surface area (TPSA) is 60.5 Å². The number of esters is 1. The van der Waals surface area contributed by atoms with Crippen LogP contribution in [0.25, 0.3) is 0 Å². The number of carbonyl (C=O) groups is 1. The summed E-state index contributed by atoms with van der Waals surface area (Å²) in [7, 11) is 1.35. The van der Waals surface area contributed by atoms with E-state index in [1.807, 2.05) is 6.92 Å². The van der Waals surface area contributed by atoms with Crippen LogP contribution in [-0.2, 0) is 4.74 Å². The first kappa shape index (κ1) is 19.0. The van der Waals surface area contributed by atoms with Gasteiger partial charge >= 0.3 is 5.97 Å². The third-order valence-corrected chi connectivity index (χ3v) is 3.12. The maximum Gasteiger partial charge on any atom is 0.339 e. The number of hydrogen-bond acceptors (Lipinski definition) is 5. The Balaban J connectivity index is 0.00000180. The van der Waals surface area contributed by atoms with Crippen molar-refractivity contribution in [1.82, 2.24) is 10.3 Å². The summed E-state index contributed by atoms with van der Waals surface area (Å²) in [6, 6.07) is 2.02. The maximum atomic E-state index is 11.4. The standard InChI is InChI=1S/C13H18N2O3.2ClH/c1-9(12-4-3-5-15-12)18-11-6-10(7-14-8-11)13(16)17-2;;/h6-9,12,15H,3-5H2,1-2H3;2*1H. The Morgan fingerprint density at radius 2 is 2.20 bits per heavy atom. The first-order valence-electron chi connectivity index (χ1n) is 6.14. The fourth-order valence-corrected chi connectivity index (χ4v) is 2.12. The van der Waals surface area contributed by atoms with Gasteiger partial charge in [0, 0.05) is 12.2 Å². The summed E-state index contributed by atoms with van der Waals surface area (Å²) in [4.78, 5) is 15.4. The molecule has 0 bridgehead atoms. The van der Waals surface area contributed by atoms with Gasteiger partial charge in [0.25, 0.3) is 0 Å². The number of rotatable bonds is 4. The monoisotopic (exact) mass is 322 g/mol. The molecule has 2 heterocycles. The summed E-state index contributed by atoms with van der Waals surface area (Å²) in [6.45, 7) is 3.06. The molecule has 2 atom stereocenters. The Morgan fingerprint density at radius 1 is 1.45 bits per heavy atom. The van der Waals surface area contributed by atoms with Crippen LogP contribution in [0.1, 0.15) is 30.1 Å². The number of nitrogens with one attached hydrogen (secondary N) is 1. The molecule has 0 spiro atoms. The summed E-state index contributed by atoms with van der Waals surface area (Å²) < 4.78 is 10.4. The van der Waals surface area contributed by atoms with Gasteiger partial charge in [-0.2, -0.15) is 0 Å². The lowest BCUT2D eigenvalue weighted by atomic mass is 10.1. The molecule has 7 heteroatoms. The van der Waals surface area contributed by atoms with Crippen molar-refractivity contribution in [3.8, 4) is 5.75 Å². The van der Waals surface area contributed by atoms with E-state index >= 15 is 0 Å². The second kappa shape index (κ2) is 9.00. The average molecular weight is 323 g/mol. The normalized spacial score (nSPS) is 18.4. The first-order chi connectivity index (χ1) is 8.70. The lowest BCUT2D eigenvalue weighted by Gasteiger charge is -2.21. The van der Waals surface area contributed by atoms with Crippen molar-refractivity contribution in [2.24, 2.45) is 0 Å². The van der Waals surface area contributed by atoms with Crippen LogP contribution in [-0.4, -0.2) is 36.8 Å². The van der Waals surface area contributed by atoms with E-state index in [-0.39, 0.29) is 30.9 Å². The van der Waals surface area contributed by atoms with Crippen LogP contribution in [0, 0.1) is 0 Å². The Hall–Kier alpha value is -1.04. The predicted molar refractivity (Wildman–Crippen MR) is 81.2 cm³/mol. The average Bonchev–Trinajstić information content (AvgIpc) is 2.92. The molecule has 1 aromatic heterocycles. The Bertz CT molecular complexity index is 426. The van der Waals surface area contributed by atoms with Gasteiger partial charge in [-0.05, 0) is 32.4 Å². The minimum absolute atomic E-state index is 0. The van der Waals surface area contributed by atoms with Crippen molar-refractivity contribution >= 4 is 30.8 Å². The van der Waals surface area contributed by atoms with Crippen molar-refractivity contribution < 1.29 is 14.3 Å². The molecule has 114 valence electrons. The molecule has 5 nitrogen and oxygen atoms in total. The van der Waals surface area contributed by atoms with E-state index < -0.39 is 5.97 Å². The zero-order valence-corrected chi connectivity index (χ0v) is 13.1. The molecule has 0 saturated carbocycles. The number of halogens is 2. The van der Waals surface area contributed by atoms with Gasteiger partial charge in [0.05, 0.1) is 18.9 Å². The van der Waals surface area contributed by atoms with Gasteiger partial charge in [-0.3, -0.25) is 4.98 Å². The fourth-order valence-electron chi connectivity index (χ4n) is 2.12. The van der Waals surface area contributed by atoms with E-state index in [2.05, 4.69) is 15.0 Å². The number of pyridine rings is 1. The summed E-state index contributed by atoms with van der Waals surface area (Å²) in [6.07, 6.45) is 5.43. The van der Waals surface area contributed by atoms with Gasteiger partial charge in [-0.25, -0.2) is 4.79 Å². The first-order valence-corrected chi connectivity index (χ1v) is 6.14. The Morgan fingerprint density at radius 3 is 2.80 bits per heavy atom. The molecule has 0 radical (unpaired) electrons. The summed E-state index contributed by atoms with van der Waals surface area (Å²) in [5, 5.41) is 3.39. The van der Waals surface area contributed by atoms with Gasteiger partial charge in [0.15, 0.2) is 0 Å². The van der Waals surface area contributed by atoms with E-state index in [0.717, 1.165) is 13.0 Å². The van der Waals surface area contributed by atoms with Gasteiger partial charge in [0.1, 0.15) is 11.9 Å². The second-order valence-corrected chi connectivity index (χ2v) is 4.43. The molecule has 0 amide bonds. The maximum absolute atomic E-state index is 11.4. The van der Waals surface area contributed by atoms with Crippen molar-refractivity contribution in [2.75, 3.05) is 13.7 Å². The molecule has 2 rings (SSSR count). The van der Waals surface area contributed by atoms with Crippen LogP contribution in [0.3, 0.4) is 0 Å². The van der Waals surface area contributed by atoms with Crippen LogP contribution >= 0.6 is 24.8 Å². The number of nitrogens with zero attached hydrogens (tertiary/aromatic N) is 1. The molecule has 20 heavy (non-hydrogen) atoms. The van der Waals surface area contributed by atoms with Crippen molar-refractivity contribution in [1.29, 1.82) is 0 Å². The summed E-state index contributed by atoms with van der Waals surface area (Å²) in [5.41, 5.74) is 0.404. The van der Waals surface area contributed by atoms with Crippen LogP contribution < -0.4 is 10.1 Å².